The molecular formula is C7H15N3O2S. The molecule has 13 heavy (non-hydrogen) atoms. The number of carbonyl (C=O) groups excluding carboxylic acids is 2. The quantitative estimate of drug-likeness (QED) is 0.526. The number of carbonyl (C=O) groups is 2. The molecule has 5 nitrogen and oxygen atoms in total. The minimum atomic E-state index is -0.287. The summed E-state index contributed by atoms with van der Waals surface area (Å²) in [5, 5.41) is 0. The van der Waals surface area contributed by atoms with Crippen molar-refractivity contribution in [3.05, 3.63) is 0 Å². The predicted octanol–water partition coefficient (Wildman–Crippen LogP) is -0.766. The Morgan fingerprint density at radius 1 is 1.46 bits per heavy atom. The van der Waals surface area contributed by atoms with Gasteiger partial charge in [0.1, 0.15) is 0 Å². The largest absolute Gasteiger partial charge is 0.327 e. The third-order valence-electron chi connectivity index (χ3n) is 0.992. The van der Waals surface area contributed by atoms with Gasteiger partial charge in [-0.05, 0) is 6.92 Å². The Kier molecular flexibility index (Phi) is 6.34. The zero-order valence-corrected chi connectivity index (χ0v) is 8.61. The summed E-state index contributed by atoms with van der Waals surface area (Å²) in [6.07, 6.45) is 0. The molecule has 76 valence electrons. The van der Waals surface area contributed by atoms with Crippen molar-refractivity contribution >= 4 is 23.6 Å². The lowest BCUT2D eigenvalue weighted by molar-refractivity contribution is -0.126. The van der Waals surface area contributed by atoms with Crippen LogP contribution in [-0.4, -0.2) is 29.4 Å². The molecule has 6 heteroatoms. The second kappa shape index (κ2) is 6.73. The molecule has 0 rings (SSSR count). The summed E-state index contributed by atoms with van der Waals surface area (Å²) in [4.78, 5) is 21.3. The highest BCUT2D eigenvalue weighted by atomic mass is 32.2. The second-order valence-corrected chi connectivity index (χ2v) is 3.75. The van der Waals surface area contributed by atoms with Crippen molar-refractivity contribution < 1.29 is 9.59 Å². The zero-order valence-electron chi connectivity index (χ0n) is 7.79. The van der Waals surface area contributed by atoms with Crippen molar-refractivity contribution in [1.29, 1.82) is 0 Å². The lowest BCUT2D eigenvalue weighted by Crippen LogP contribution is -2.41. The Morgan fingerprint density at radius 2 is 2.08 bits per heavy atom. The molecule has 4 N–H and O–H groups in total. The van der Waals surface area contributed by atoms with Crippen molar-refractivity contribution in [2.24, 2.45) is 5.73 Å². The van der Waals surface area contributed by atoms with Gasteiger partial charge in [-0.15, -0.1) is 0 Å². The summed E-state index contributed by atoms with van der Waals surface area (Å²) in [5.74, 6) is 0.529. The summed E-state index contributed by atoms with van der Waals surface area (Å²) < 4.78 is 0. The van der Waals surface area contributed by atoms with Crippen LogP contribution in [0.3, 0.4) is 0 Å². The van der Waals surface area contributed by atoms with Crippen LogP contribution in [0.1, 0.15) is 13.8 Å². The minimum Gasteiger partial charge on any atom is -0.327 e. The topological polar surface area (TPSA) is 84.2 Å². The van der Waals surface area contributed by atoms with Crippen LogP contribution in [0.4, 0.5) is 0 Å². The van der Waals surface area contributed by atoms with E-state index < -0.39 is 0 Å². The Hall–Kier alpha value is -0.750. The van der Waals surface area contributed by atoms with Gasteiger partial charge in [-0.2, -0.15) is 11.8 Å². The highest BCUT2D eigenvalue weighted by Gasteiger charge is 2.02. The van der Waals surface area contributed by atoms with Gasteiger partial charge in [0.05, 0.1) is 5.75 Å². The Bertz CT molecular complexity index is 185. The van der Waals surface area contributed by atoms with E-state index in [1.807, 2.05) is 6.92 Å². The molecule has 0 aromatic heterocycles. The van der Waals surface area contributed by atoms with E-state index in [0.717, 1.165) is 5.75 Å². The zero-order chi connectivity index (χ0) is 10.3. The molecule has 0 spiro atoms. The molecule has 0 aromatic carbocycles. The number of hydrogen-bond donors (Lipinski definition) is 3. The highest BCUT2D eigenvalue weighted by molar-refractivity contribution is 7.99. The Morgan fingerprint density at radius 3 is 2.54 bits per heavy atom. The van der Waals surface area contributed by atoms with Crippen molar-refractivity contribution in [1.82, 2.24) is 10.9 Å². The van der Waals surface area contributed by atoms with Crippen molar-refractivity contribution in [2.45, 2.75) is 19.9 Å². The molecule has 2 amide bonds. The molecule has 0 aliphatic rings. The monoisotopic (exact) mass is 205 g/mol. The van der Waals surface area contributed by atoms with E-state index >= 15 is 0 Å². The number of rotatable bonds is 4. The molecular weight excluding hydrogens is 190 g/mol. The van der Waals surface area contributed by atoms with E-state index in [1.165, 1.54) is 18.7 Å². The number of amides is 2. The first-order valence-electron chi connectivity index (χ1n) is 3.91. The Labute approximate surface area is 81.8 Å². The molecule has 0 bridgehead atoms. The van der Waals surface area contributed by atoms with Gasteiger partial charge < -0.3 is 5.73 Å². The maximum atomic E-state index is 10.9. The number of thioether (sulfide) groups is 1. The molecule has 0 aromatic rings. The first-order chi connectivity index (χ1) is 6.02. The Balaban J connectivity index is 3.36. The lowest BCUT2D eigenvalue weighted by Gasteiger charge is -2.05. The van der Waals surface area contributed by atoms with Crippen molar-refractivity contribution in [3.63, 3.8) is 0 Å². The summed E-state index contributed by atoms with van der Waals surface area (Å²) in [7, 11) is 0. The third kappa shape index (κ3) is 9.16. The van der Waals surface area contributed by atoms with Crippen LogP contribution in [0.2, 0.25) is 0 Å². The van der Waals surface area contributed by atoms with E-state index in [9.17, 15) is 9.59 Å². The van der Waals surface area contributed by atoms with Crippen LogP contribution in [0, 0.1) is 0 Å². The van der Waals surface area contributed by atoms with Crippen LogP contribution in [0.15, 0.2) is 0 Å². The summed E-state index contributed by atoms with van der Waals surface area (Å²) in [6, 6.07) is 0.0820. The van der Waals surface area contributed by atoms with Gasteiger partial charge >= 0.3 is 0 Å². The molecule has 0 heterocycles. The van der Waals surface area contributed by atoms with Gasteiger partial charge in [-0.25, -0.2) is 0 Å². The normalized spacial score (nSPS) is 11.9. The summed E-state index contributed by atoms with van der Waals surface area (Å²) in [5.41, 5.74) is 9.93. The van der Waals surface area contributed by atoms with Gasteiger partial charge in [0.15, 0.2) is 0 Å². The molecule has 1 atom stereocenters. The molecule has 0 fully saturated rings. The van der Waals surface area contributed by atoms with Gasteiger partial charge in [-0.1, -0.05) is 0 Å². The van der Waals surface area contributed by atoms with E-state index in [1.54, 1.807) is 0 Å². The van der Waals surface area contributed by atoms with E-state index in [2.05, 4.69) is 10.9 Å². The van der Waals surface area contributed by atoms with Gasteiger partial charge in [0.25, 0.3) is 0 Å². The number of hydrogen-bond acceptors (Lipinski definition) is 4. The fraction of sp³-hybridized carbons (Fsp3) is 0.714. The molecule has 0 radical (unpaired) electrons. The molecule has 0 aliphatic heterocycles. The first kappa shape index (κ1) is 12.2. The molecule has 1 unspecified atom stereocenters. The van der Waals surface area contributed by atoms with Gasteiger partial charge in [0.2, 0.25) is 11.8 Å². The number of nitrogens with one attached hydrogen (secondary N) is 2. The molecule has 0 aliphatic carbocycles. The van der Waals surface area contributed by atoms with Crippen LogP contribution in [0.5, 0.6) is 0 Å². The third-order valence-corrected chi connectivity index (χ3v) is 2.22. The minimum absolute atomic E-state index is 0.0820. The van der Waals surface area contributed by atoms with Crippen LogP contribution < -0.4 is 16.6 Å². The van der Waals surface area contributed by atoms with E-state index in [-0.39, 0.29) is 17.9 Å². The first-order valence-corrected chi connectivity index (χ1v) is 5.06. The molecule has 0 saturated heterocycles. The van der Waals surface area contributed by atoms with Crippen LogP contribution >= 0.6 is 11.8 Å². The van der Waals surface area contributed by atoms with E-state index in [4.69, 9.17) is 5.73 Å². The fourth-order valence-corrected chi connectivity index (χ4v) is 1.28. The average molecular weight is 205 g/mol. The predicted molar refractivity (Wildman–Crippen MR) is 52.9 cm³/mol. The summed E-state index contributed by atoms with van der Waals surface area (Å²) in [6.45, 7) is 3.20. The standard InChI is InChI=1S/C7H15N3O2S/c1-5(8)3-13-4-7(12)10-9-6(2)11/h5H,3-4,8H2,1-2H3,(H,9,11)(H,10,12). The maximum absolute atomic E-state index is 10.9. The fourth-order valence-electron chi connectivity index (χ4n) is 0.531. The smallest absolute Gasteiger partial charge is 0.248 e. The maximum Gasteiger partial charge on any atom is 0.248 e. The van der Waals surface area contributed by atoms with Crippen molar-refractivity contribution in [2.75, 3.05) is 11.5 Å². The lowest BCUT2D eigenvalue weighted by atomic mass is 10.4. The molecule has 0 saturated carbocycles. The average Bonchev–Trinajstić information content (AvgIpc) is 2.00. The van der Waals surface area contributed by atoms with Gasteiger partial charge in [0, 0.05) is 18.7 Å². The van der Waals surface area contributed by atoms with Crippen LogP contribution in [0.25, 0.3) is 0 Å². The number of nitrogens with two attached hydrogens (primary N) is 1. The van der Waals surface area contributed by atoms with Gasteiger partial charge in [-0.3, -0.25) is 20.4 Å². The summed E-state index contributed by atoms with van der Waals surface area (Å²) >= 11 is 1.43. The van der Waals surface area contributed by atoms with Crippen LogP contribution in [-0.2, 0) is 9.59 Å². The van der Waals surface area contributed by atoms with E-state index in [0.29, 0.717) is 5.75 Å². The SMILES string of the molecule is CC(=O)NNC(=O)CSCC(C)N. The van der Waals surface area contributed by atoms with Crippen molar-refractivity contribution in [3.8, 4) is 0 Å². The highest BCUT2D eigenvalue weighted by Crippen LogP contribution is 1.99. The number of hydrazine groups is 1. The second-order valence-electron chi connectivity index (χ2n) is 2.72.